The maximum Gasteiger partial charge on any atom is 0.336 e. The van der Waals surface area contributed by atoms with Gasteiger partial charge in [-0.05, 0) is 38.9 Å². The number of nitrogens with zero attached hydrogens (tertiary/aromatic N) is 2. The molecular formula is C27H31N3O6. The van der Waals surface area contributed by atoms with Crippen molar-refractivity contribution in [3.8, 4) is 0 Å². The minimum Gasteiger partial charge on any atom is -0.463 e. The van der Waals surface area contributed by atoms with Gasteiger partial charge in [0.05, 0.1) is 28.6 Å². The third-order valence-electron chi connectivity index (χ3n) is 5.89. The molecule has 0 amide bonds. The van der Waals surface area contributed by atoms with E-state index < -0.39 is 22.8 Å². The molecule has 9 heteroatoms. The van der Waals surface area contributed by atoms with Crippen molar-refractivity contribution in [3.63, 3.8) is 0 Å². The zero-order valence-electron chi connectivity index (χ0n) is 20.9. The van der Waals surface area contributed by atoms with Crippen molar-refractivity contribution in [1.82, 2.24) is 10.2 Å². The van der Waals surface area contributed by atoms with Crippen molar-refractivity contribution in [2.24, 2.45) is 0 Å². The maximum atomic E-state index is 13.3. The summed E-state index contributed by atoms with van der Waals surface area (Å²) in [5, 5.41) is 14.5. The van der Waals surface area contributed by atoms with Crippen LogP contribution in [0, 0.1) is 10.1 Å². The predicted molar refractivity (Wildman–Crippen MR) is 135 cm³/mol. The van der Waals surface area contributed by atoms with Crippen molar-refractivity contribution in [2.75, 3.05) is 26.8 Å². The van der Waals surface area contributed by atoms with E-state index in [1.165, 1.54) is 18.2 Å². The molecule has 1 aliphatic heterocycles. The summed E-state index contributed by atoms with van der Waals surface area (Å²) in [6.45, 7) is 6.60. The number of dihydropyridines is 1. The van der Waals surface area contributed by atoms with Gasteiger partial charge in [-0.15, -0.1) is 0 Å². The van der Waals surface area contributed by atoms with E-state index in [9.17, 15) is 19.7 Å². The van der Waals surface area contributed by atoms with E-state index in [-0.39, 0.29) is 30.0 Å². The molecular weight excluding hydrogens is 462 g/mol. The molecule has 0 aromatic heterocycles. The summed E-state index contributed by atoms with van der Waals surface area (Å²) in [6.07, 6.45) is 0. The topological polar surface area (TPSA) is 111 Å². The number of nitrogens with one attached hydrogen (secondary N) is 1. The van der Waals surface area contributed by atoms with Crippen LogP contribution in [-0.2, 0) is 25.6 Å². The third-order valence-corrected chi connectivity index (χ3v) is 5.89. The lowest BCUT2D eigenvalue weighted by Gasteiger charge is -2.30. The standard InChI is InChI=1S/C27H31N3O6/c1-5-35-26(31)23-18(2)28-19(3)24(25(23)21-12-9-13-22(16-21)30(33)34)27(32)36-15-14-29(4)17-20-10-7-6-8-11-20/h6-13,16,25,28H,5,14-15,17H2,1-4H3. The highest BCUT2D eigenvalue weighted by Gasteiger charge is 2.38. The minimum absolute atomic E-state index is 0.137. The Kier molecular flexibility index (Phi) is 8.97. The van der Waals surface area contributed by atoms with E-state index in [2.05, 4.69) is 5.32 Å². The number of allylic oxidation sites excluding steroid dienone is 2. The molecule has 36 heavy (non-hydrogen) atoms. The zero-order valence-corrected chi connectivity index (χ0v) is 20.9. The van der Waals surface area contributed by atoms with Gasteiger partial charge in [0.25, 0.3) is 5.69 Å². The van der Waals surface area contributed by atoms with Gasteiger partial charge in [0.15, 0.2) is 0 Å². The van der Waals surface area contributed by atoms with Crippen LogP contribution < -0.4 is 5.32 Å². The summed E-state index contributed by atoms with van der Waals surface area (Å²) in [7, 11) is 1.93. The number of benzene rings is 2. The molecule has 0 spiro atoms. The first-order chi connectivity index (χ1) is 17.2. The van der Waals surface area contributed by atoms with Crippen LogP contribution in [0.2, 0.25) is 0 Å². The quantitative estimate of drug-likeness (QED) is 0.300. The second-order valence-electron chi connectivity index (χ2n) is 8.57. The molecule has 2 aromatic carbocycles. The SMILES string of the molecule is CCOC(=O)C1=C(C)NC(C)=C(C(=O)OCCN(C)Cc2ccccc2)C1c1cccc([N+](=O)[O-])c1. The number of hydrogen-bond donors (Lipinski definition) is 1. The molecule has 2 aromatic rings. The summed E-state index contributed by atoms with van der Waals surface area (Å²) in [5.41, 5.74) is 2.90. The first-order valence-corrected chi connectivity index (χ1v) is 11.7. The van der Waals surface area contributed by atoms with Crippen LogP contribution in [0.15, 0.2) is 77.1 Å². The molecule has 1 N–H and O–H groups in total. The fourth-order valence-corrected chi connectivity index (χ4v) is 4.24. The van der Waals surface area contributed by atoms with Crippen molar-refractivity contribution in [2.45, 2.75) is 33.2 Å². The Morgan fingerprint density at radius 1 is 1.00 bits per heavy atom. The lowest BCUT2D eigenvalue weighted by Crippen LogP contribution is -2.33. The van der Waals surface area contributed by atoms with Gasteiger partial charge in [-0.1, -0.05) is 42.5 Å². The summed E-state index contributed by atoms with van der Waals surface area (Å²) in [5.74, 6) is -2.07. The number of esters is 2. The second kappa shape index (κ2) is 12.1. The normalized spacial score (nSPS) is 15.5. The smallest absolute Gasteiger partial charge is 0.336 e. The summed E-state index contributed by atoms with van der Waals surface area (Å²) < 4.78 is 10.9. The number of carbonyl (C=O) groups excluding carboxylic acids is 2. The van der Waals surface area contributed by atoms with Gasteiger partial charge in [-0.25, -0.2) is 9.59 Å². The predicted octanol–water partition coefficient (Wildman–Crippen LogP) is 4.07. The van der Waals surface area contributed by atoms with Gasteiger partial charge >= 0.3 is 11.9 Å². The fraction of sp³-hybridized carbons (Fsp3) is 0.333. The van der Waals surface area contributed by atoms with Gasteiger partial charge in [0, 0.05) is 36.6 Å². The molecule has 0 fully saturated rings. The molecule has 9 nitrogen and oxygen atoms in total. The van der Waals surface area contributed by atoms with Gasteiger partial charge in [0.2, 0.25) is 0 Å². The van der Waals surface area contributed by atoms with Crippen molar-refractivity contribution < 1.29 is 24.0 Å². The maximum absolute atomic E-state index is 13.3. The van der Waals surface area contributed by atoms with Crippen molar-refractivity contribution in [1.29, 1.82) is 0 Å². The zero-order chi connectivity index (χ0) is 26.2. The van der Waals surface area contributed by atoms with Crippen LogP contribution in [-0.4, -0.2) is 48.6 Å². The number of rotatable bonds is 10. The number of nitro benzene ring substituents is 1. The Labute approximate surface area is 210 Å². The van der Waals surface area contributed by atoms with E-state index in [0.717, 1.165) is 5.56 Å². The number of hydrogen-bond acceptors (Lipinski definition) is 8. The van der Waals surface area contributed by atoms with Crippen LogP contribution in [0.5, 0.6) is 0 Å². The molecule has 1 atom stereocenters. The lowest BCUT2D eigenvalue weighted by molar-refractivity contribution is -0.384. The number of non-ortho nitro benzene ring substituents is 1. The van der Waals surface area contributed by atoms with Crippen LogP contribution in [0.25, 0.3) is 0 Å². The molecule has 1 heterocycles. The van der Waals surface area contributed by atoms with E-state index in [1.54, 1.807) is 26.8 Å². The van der Waals surface area contributed by atoms with E-state index in [4.69, 9.17) is 9.47 Å². The van der Waals surface area contributed by atoms with E-state index in [1.807, 2.05) is 42.3 Å². The molecule has 0 radical (unpaired) electrons. The number of carbonyl (C=O) groups is 2. The van der Waals surface area contributed by atoms with Crippen molar-refractivity contribution in [3.05, 3.63) is 98.4 Å². The monoisotopic (exact) mass is 493 g/mol. The fourth-order valence-electron chi connectivity index (χ4n) is 4.24. The number of ether oxygens (including phenoxy) is 2. The van der Waals surface area contributed by atoms with Crippen LogP contribution in [0.3, 0.4) is 0 Å². The van der Waals surface area contributed by atoms with Gasteiger partial charge < -0.3 is 14.8 Å². The average Bonchev–Trinajstić information content (AvgIpc) is 2.84. The van der Waals surface area contributed by atoms with Crippen LogP contribution in [0.1, 0.15) is 37.8 Å². The van der Waals surface area contributed by atoms with Crippen molar-refractivity contribution >= 4 is 17.6 Å². The van der Waals surface area contributed by atoms with E-state index >= 15 is 0 Å². The molecule has 0 saturated carbocycles. The Bertz CT molecular complexity index is 1190. The highest BCUT2D eigenvalue weighted by atomic mass is 16.6. The molecule has 0 aliphatic carbocycles. The highest BCUT2D eigenvalue weighted by Crippen LogP contribution is 2.40. The highest BCUT2D eigenvalue weighted by molar-refractivity contribution is 6.00. The van der Waals surface area contributed by atoms with Gasteiger partial charge in [-0.3, -0.25) is 15.0 Å². The van der Waals surface area contributed by atoms with Crippen LogP contribution >= 0.6 is 0 Å². The molecule has 0 saturated heterocycles. The average molecular weight is 494 g/mol. The van der Waals surface area contributed by atoms with Gasteiger partial charge in [-0.2, -0.15) is 0 Å². The Morgan fingerprint density at radius 3 is 2.25 bits per heavy atom. The molecule has 1 unspecified atom stereocenters. The number of nitro groups is 1. The molecule has 3 rings (SSSR count). The molecule has 0 bridgehead atoms. The number of likely N-dealkylation sites (N-methyl/N-ethyl adjacent to an activating group) is 1. The van der Waals surface area contributed by atoms with Gasteiger partial charge in [0.1, 0.15) is 6.61 Å². The first-order valence-electron chi connectivity index (χ1n) is 11.7. The Morgan fingerprint density at radius 2 is 1.64 bits per heavy atom. The summed E-state index contributed by atoms with van der Waals surface area (Å²) in [6, 6.07) is 15.9. The largest absolute Gasteiger partial charge is 0.463 e. The van der Waals surface area contributed by atoms with Crippen LogP contribution in [0.4, 0.5) is 5.69 Å². The lowest BCUT2D eigenvalue weighted by atomic mass is 9.80. The minimum atomic E-state index is -0.875. The third kappa shape index (κ3) is 6.37. The second-order valence-corrected chi connectivity index (χ2v) is 8.57. The first kappa shape index (κ1) is 26.6. The molecule has 190 valence electrons. The summed E-state index contributed by atoms with van der Waals surface area (Å²) in [4.78, 5) is 39.2. The Hall–Kier alpha value is -3.98. The molecule has 1 aliphatic rings. The van der Waals surface area contributed by atoms with E-state index in [0.29, 0.717) is 30.0 Å². The Balaban J connectivity index is 1.85. The summed E-state index contributed by atoms with van der Waals surface area (Å²) >= 11 is 0.